The maximum atomic E-state index is 12.4. The summed E-state index contributed by atoms with van der Waals surface area (Å²) in [6.45, 7) is 4.91. The van der Waals surface area contributed by atoms with Gasteiger partial charge in [-0.1, -0.05) is 6.92 Å². The topological polar surface area (TPSA) is 78.1 Å². The van der Waals surface area contributed by atoms with Crippen LogP contribution in [0.5, 0.6) is 0 Å². The molecule has 1 fully saturated rings. The summed E-state index contributed by atoms with van der Waals surface area (Å²) in [6, 6.07) is 0.389. The van der Waals surface area contributed by atoms with E-state index >= 15 is 0 Å². The van der Waals surface area contributed by atoms with Crippen molar-refractivity contribution in [2.24, 2.45) is 5.92 Å². The van der Waals surface area contributed by atoms with Crippen LogP contribution < -0.4 is 5.32 Å². The number of piperidine rings is 1. The fourth-order valence-corrected chi connectivity index (χ4v) is 3.94. The highest BCUT2D eigenvalue weighted by Gasteiger charge is 2.33. The molecule has 7 heteroatoms. The Bertz CT molecular complexity index is 511. The minimum absolute atomic E-state index is 0.190. The summed E-state index contributed by atoms with van der Waals surface area (Å²) in [5.41, 5.74) is 0. The number of aromatic nitrogens is 2. The second-order valence-electron chi connectivity index (χ2n) is 4.86. The number of nitrogens with one attached hydrogen (secondary N) is 2. The third-order valence-corrected chi connectivity index (χ3v) is 5.31. The van der Waals surface area contributed by atoms with Crippen molar-refractivity contribution >= 4 is 10.0 Å². The Hall–Kier alpha value is -0.920. The molecule has 1 saturated heterocycles. The highest BCUT2D eigenvalue weighted by Crippen LogP contribution is 2.22. The zero-order valence-electron chi connectivity index (χ0n) is 11.0. The molecule has 6 nitrogen and oxygen atoms in total. The number of rotatable bonds is 3. The van der Waals surface area contributed by atoms with Crippen LogP contribution in [0, 0.1) is 12.8 Å². The van der Waals surface area contributed by atoms with Gasteiger partial charge in [0.25, 0.3) is 10.0 Å². The van der Waals surface area contributed by atoms with Crippen LogP contribution in [0.25, 0.3) is 0 Å². The average Bonchev–Trinajstić information content (AvgIpc) is 2.76. The lowest BCUT2D eigenvalue weighted by molar-refractivity contribution is 0.227. The minimum atomic E-state index is -3.42. The van der Waals surface area contributed by atoms with Crippen molar-refractivity contribution in [1.29, 1.82) is 0 Å². The maximum absolute atomic E-state index is 12.4. The lowest BCUT2D eigenvalue weighted by Gasteiger charge is -2.35. The molecule has 18 heavy (non-hydrogen) atoms. The molecule has 0 saturated carbocycles. The second kappa shape index (κ2) is 4.99. The van der Waals surface area contributed by atoms with Crippen molar-refractivity contribution in [3.8, 4) is 0 Å². The molecule has 1 aliphatic heterocycles. The van der Waals surface area contributed by atoms with Crippen molar-refractivity contribution in [2.75, 3.05) is 20.1 Å². The van der Waals surface area contributed by atoms with Gasteiger partial charge in [-0.05, 0) is 26.3 Å². The van der Waals surface area contributed by atoms with Gasteiger partial charge in [-0.3, -0.25) is 0 Å². The molecule has 2 unspecified atom stereocenters. The predicted molar refractivity (Wildman–Crippen MR) is 68.7 cm³/mol. The normalized spacial score (nSPS) is 26.4. The van der Waals surface area contributed by atoms with E-state index in [1.807, 2.05) is 7.05 Å². The number of H-pyrrole nitrogens is 1. The molecule has 1 aromatic heterocycles. The Morgan fingerprint density at radius 2 is 2.28 bits per heavy atom. The first kappa shape index (κ1) is 13.5. The molecular formula is C11H20N4O2S. The third-order valence-electron chi connectivity index (χ3n) is 3.54. The zero-order chi connectivity index (χ0) is 13.3. The van der Waals surface area contributed by atoms with Crippen molar-refractivity contribution in [1.82, 2.24) is 19.6 Å². The quantitative estimate of drug-likeness (QED) is 0.831. The summed E-state index contributed by atoms with van der Waals surface area (Å²) in [6.07, 6.45) is 2.23. The summed E-state index contributed by atoms with van der Waals surface area (Å²) in [7, 11) is -1.50. The average molecular weight is 272 g/mol. The van der Waals surface area contributed by atoms with Gasteiger partial charge in [0.05, 0.1) is 6.20 Å². The highest BCUT2D eigenvalue weighted by molar-refractivity contribution is 7.89. The minimum Gasteiger partial charge on any atom is -0.332 e. The molecule has 0 amide bonds. The SMILES string of the molecule is CNC1CCN(S(=O)(=O)c2cnc(C)[nH]2)CC1C. The molecular weight excluding hydrogens is 252 g/mol. The summed E-state index contributed by atoms with van der Waals surface area (Å²) >= 11 is 0. The van der Waals surface area contributed by atoms with E-state index in [0.29, 0.717) is 30.9 Å². The highest BCUT2D eigenvalue weighted by atomic mass is 32.2. The van der Waals surface area contributed by atoms with E-state index in [1.165, 1.54) is 6.20 Å². The van der Waals surface area contributed by atoms with Gasteiger partial charge in [0.1, 0.15) is 5.82 Å². The van der Waals surface area contributed by atoms with Crippen LogP contribution in [0.3, 0.4) is 0 Å². The smallest absolute Gasteiger partial charge is 0.260 e. The van der Waals surface area contributed by atoms with Gasteiger partial charge in [-0.15, -0.1) is 0 Å². The third kappa shape index (κ3) is 2.43. The Morgan fingerprint density at radius 3 is 2.78 bits per heavy atom. The van der Waals surface area contributed by atoms with Gasteiger partial charge < -0.3 is 10.3 Å². The Balaban J connectivity index is 2.17. The lowest BCUT2D eigenvalue weighted by Crippen LogP contribution is -2.49. The largest absolute Gasteiger partial charge is 0.332 e. The Labute approximate surface area is 108 Å². The number of hydrogen-bond acceptors (Lipinski definition) is 4. The standard InChI is InChI=1S/C11H20N4O2S/c1-8-7-15(5-4-10(8)12-3)18(16,17)11-6-13-9(2)14-11/h6,8,10,12H,4-5,7H2,1-3H3,(H,13,14). The van der Waals surface area contributed by atoms with Gasteiger partial charge in [0.2, 0.25) is 0 Å². The summed E-state index contributed by atoms with van der Waals surface area (Å²) in [5.74, 6) is 0.925. The van der Waals surface area contributed by atoms with Crippen molar-refractivity contribution in [3.05, 3.63) is 12.0 Å². The van der Waals surface area contributed by atoms with E-state index in [9.17, 15) is 8.42 Å². The fraction of sp³-hybridized carbons (Fsp3) is 0.727. The molecule has 2 heterocycles. The number of sulfonamides is 1. The van der Waals surface area contributed by atoms with E-state index in [1.54, 1.807) is 11.2 Å². The van der Waals surface area contributed by atoms with Gasteiger partial charge in [0.15, 0.2) is 5.03 Å². The maximum Gasteiger partial charge on any atom is 0.260 e. The molecule has 0 aromatic carbocycles. The molecule has 0 aliphatic carbocycles. The first-order chi connectivity index (χ1) is 8.45. The van der Waals surface area contributed by atoms with Crippen molar-refractivity contribution in [3.63, 3.8) is 0 Å². The number of imidazole rings is 1. The van der Waals surface area contributed by atoms with Crippen LogP contribution in [0.15, 0.2) is 11.2 Å². The zero-order valence-corrected chi connectivity index (χ0v) is 11.8. The van der Waals surface area contributed by atoms with Gasteiger partial charge in [-0.2, -0.15) is 4.31 Å². The van der Waals surface area contributed by atoms with Crippen molar-refractivity contribution < 1.29 is 8.42 Å². The molecule has 0 spiro atoms. The second-order valence-corrected chi connectivity index (χ2v) is 6.76. The van der Waals surface area contributed by atoms with Crippen LogP contribution in [-0.2, 0) is 10.0 Å². The molecule has 0 radical (unpaired) electrons. The molecule has 1 aliphatic rings. The number of aryl methyl sites for hydroxylation is 1. The summed E-state index contributed by atoms with van der Waals surface area (Å²) < 4.78 is 26.3. The number of aromatic amines is 1. The van der Waals surface area contributed by atoms with Crippen LogP contribution in [0.2, 0.25) is 0 Å². The number of nitrogens with zero attached hydrogens (tertiary/aromatic N) is 2. The van der Waals surface area contributed by atoms with Gasteiger partial charge in [0, 0.05) is 19.1 Å². The summed E-state index contributed by atoms with van der Waals surface area (Å²) in [5, 5.41) is 3.42. The van der Waals surface area contributed by atoms with E-state index < -0.39 is 10.0 Å². The van der Waals surface area contributed by atoms with Gasteiger partial charge in [-0.25, -0.2) is 13.4 Å². The van der Waals surface area contributed by atoms with Gasteiger partial charge >= 0.3 is 0 Å². The Morgan fingerprint density at radius 1 is 1.56 bits per heavy atom. The lowest BCUT2D eigenvalue weighted by atomic mass is 9.96. The molecule has 2 atom stereocenters. The fourth-order valence-electron chi connectivity index (χ4n) is 2.42. The molecule has 2 rings (SSSR count). The molecule has 0 bridgehead atoms. The van der Waals surface area contributed by atoms with Crippen LogP contribution >= 0.6 is 0 Å². The first-order valence-electron chi connectivity index (χ1n) is 6.14. The summed E-state index contributed by atoms with van der Waals surface area (Å²) in [4.78, 5) is 6.75. The van der Waals surface area contributed by atoms with E-state index in [0.717, 1.165) is 6.42 Å². The molecule has 1 aromatic rings. The predicted octanol–water partition coefficient (Wildman–Crippen LogP) is 0.337. The van der Waals surface area contributed by atoms with Crippen LogP contribution in [-0.4, -0.2) is 48.9 Å². The van der Waals surface area contributed by atoms with Crippen molar-refractivity contribution in [2.45, 2.75) is 31.3 Å². The monoisotopic (exact) mass is 272 g/mol. The Kier molecular flexibility index (Phi) is 3.74. The van der Waals surface area contributed by atoms with E-state index in [-0.39, 0.29) is 5.03 Å². The first-order valence-corrected chi connectivity index (χ1v) is 7.58. The van der Waals surface area contributed by atoms with Crippen LogP contribution in [0.1, 0.15) is 19.2 Å². The van der Waals surface area contributed by atoms with E-state index in [2.05, 4.69) is 22.2 Å². The number of hydrogen-bond donors (Lipinski definition) is 2. The molecule has 102 valence electrons. The van der Waals surface area contributed by atoms with E-state index in [4.69, 9.17) is 0 Å². The molecule has 2 N–H and O–H groups in total. The van der Waals surface area contributed by atoms with Crippen LogP contribution in [0.4, 0.5) is 0 Å².